The van der Waals surface area contributed by atoms with Crippen LogP contribution in [0.2, 0.25) is 0 Å². The maximum atomic E-state index is 12.6. The summed E-state index contributed by atoms with van der Waals surface area (Å²) in [5.74, 6) is 0.0653. The Labute approximate surface area is 202 Å². The number of rotatable bonds is 7. The molecule has 6 heteroatoms. The van der Waals surface area contributed by atoms with Gasteiger partial charge in [-0.25, -0.2) is 10.4 Å². The van der Waals surface area contributed by atoms with Gasteiger partial charge in [0, 0.05) is 0 Å². The third-order valence-corrected chi connectivity index (χ3v) is 6.63. The SMILES string of the molecule is CC(=NNC(=O)CSc1nc2ccccc2n1Cc1ccccc1)c1ccc2ccccc2c1. The van der Waals surface area contributed by atoms with Crippen molar-refractivity contribution in [3.8, 4) is 0 Å². The van der Waals surface area contributed by atoms with Crippen molar-refractivity contribution in [2.24, 2.45) is 5.10 Å². The highest BCUT2D eigenvalue weighted by Crippen LogP contribution is 2.25. The normalized spacial score (nSPS) is 11.7. The van der Waals surface area contributed by atoms with Gasteiger partial charge in [-0.3, -0.25) is 4.79 Å². The number of nitrogens with one attached hydrogen (secondary N) is 1. The molecule has 5 rings (SSSR count). The number of hydrogen-bond acceptors (Lipinski definition) is 4. The second kappa shape index (κ2) is 9.93. The van der Waals surface area contributed by atoms with Gasteiger partial charge in [0.15, 0.2) is 5.16 Å². The number of hydrogen-bond donors (Lipinski definition) is 1. The molecule has 4 aromatic carbocycles. The summed E-state index contributed by atoms with van der Waals surface area (Å²) < 4.78 is 2.16. The number of benzene rings is 4. The maximum absolute atomic E-state index is 12.6. The lowest BCUT2D eigenvalue weighted by Gasteiger charge is -2.09. The Morgan fingerprint density at radius 1 is 0.912 bits per heavy atom. The fourth-order valence-electron chi connectivity index (χ4n) is 3.87. The third-order valence-electron chi connectivity index (χ3n) is 5.65. The molecule has 34 heavy (non-hydrogen) atoms. The molecule has 0 aliphatic heterocycles. The molecule has 1 aromatic heterocycles. The lowest BCUT2D eigenvalue weighted by atomic mass is 10.0. The summed E-state index contributed by atoms with van der Waals surface area (Å²) in [6, 6.07) is 32.7. The van der Waals surface area contributed by atoms with Crippen LogP contribution in [0.15, 0.2) is 107 Å². The molecule has 1 heterocycles. The highest BCUT2D eigenvalue weighted by molar-refractivity contribution is 7.99. The van der Waals surface area contributed by atoms with Crippen molar-refractivity contribution in [2.75, 3.05) is 5.75 Å². The quantitative estimate of drug-likeness (QED) is 0.186. The summed E-state index contributed by atoms with van der Waals surface area (Å²) in [4.78, 5) is 17.3. The third kappa shape index (κ3) is 4.87. The summed E-state index contributed by atoms with van der Waals surface area (Å²) in [6.07, 6.45) is 0. The van der Waals surface area contributed by atoms with Gasteiger partial charge in [0.1, 0.15) is 0 Å². The van der Waals surface area contributed by atoms with E-state index >= 15 is 0 Å². The topological polar surface area (TPSA) is 59.3 Å². The first kappa shape index (κ1) is 21.9. The first-order chi connectivity index (χ1) is 16.7. The van der Waals surface area contributed by atoms with Crippen molar-refractivity contribution in [1.82, 2.24) is 15.0 Å². The molecule has 168 valence electrons. The van der Waals surface area contributed by atoms with Crippen LogP contribution in [0.3, 0.4) is 0 Å². The molecule has 0 aliphatic carbocycles. The molecule has 0 spiro atoms. The number of imidazole rings is 1. The predicted octanol–water partition coefficient (Wildman–Crippen LogP) is 5.87. The van der Waals surface area contributed by atoms with E-state index in [-0.39, 0.29) is 11.7 Å². The van der Waals surface area contributed by atoms with E-state index in [1.807, 2.05) is 61.5 Å². The lowest BCUT2D eigenvalue weighted by molar-refractivity contribution is -0.118. The Hall–Kier alpha value is -3.90. The second-order valence-electron chi connectivity index (χ2n) is 8.04. The molecule has 1 amide bonds. The zero-order chi connectivity index (χ0) is 23.3. The molecule has 0 saturated carbocycles. The Morgan fingerprint density at radius 3 is 2.50 bits per heavy atom. The van der Waals surface area contributed by atoms with E-state index in [9.17, 15) is 4.79 Å². The van der Waals surface area contributed by atoms with Gasteiger partial charge in [0.25, 0.3) is 5.91 Å². The lowest BCUT2D eigenvalue weighted by Crippen LogP contribution is -2.21. The molecule has 0 fully saturated rings. The number of nitrogens with zero attached hydrogens (tertiary/aromatic N) is 3. The standard InChI is InChI=1S/C28H24N4OS/c1-20(23-16-15-22-11-5-6-12-24(22)17-23)30-31-27(33)19-34-28-29-25-13-7-8-14-26(25)32(28)18-21-9-3-2-4-10-21/h2-17H,18-19H2,1H3,(H,31,33). The van der Waals surface area contributed by atoms with Crippen molar-refractivity contribution in [2.45, 2.75) is 18.6 Å². The van der Waals surface area contributed by atoms with Gasteiger partial charge >= 0.3 is 0 Å². The Kier molecular flexibility index (Phi) is 6.40. The van der Waals surface area contributed by atoms with Crippen LogP contribution in [0, 0.1) is 0 Å². The van der Waals surface area contributed by atoms with Crippen LogP contribution in [0.25, 0.3) is 21.8 Å². The van der Waals surface area contributed by atoms with Crippen LogP contribution >= 0.6 is 11.8 Å². The molecule has 5 aromatic rings. The smallest absolute Gasteiger partial charge is 0.250 e. The van der Waals surface area contributed by atoms with Gasteiger partial charge in [-0.05, 0) is 47.0 Å². The molecule has 0 saturated heterocycles. The monoisotopic (exact) mass is 464 g/mol. The van der Waals surface area contributed by atoms with Crippen molar-refractivity contribution < 1.29 is 4.79 Å². The fourth-order valence-corrected chi connectivity index (χ4v) is 4.68. The van der Waals surface area contributed by atoms with Crippen LogP contribution in [-0.4, -0.2) is 26.9 Å². The van der Waals surface area contributed by atoms with Crippen molar-refractivity contribution in [3.05, 3.63) is 108 Å². The molecule has 0 atom stereocenters. The van der Waals surface area contributed by atoms with E-state index in [0.29, 0.717) is 6.54 Å². The molecule has 0 aliphatic rings. The number of thioether (sulfide) groups is 1. The summed E-state index contributed by atoms with van der Waals surface area (Å²) >= 11 is 1.42. The van der Waals surface area contributed by atoms with Crippen LogP contribution in [0.1, 0.15) is 18.1 Å². The van der Waals surface area contributed by atoms with Crippen molar-refractivity contribution >= 4 is 45.2 Å². The van der Waals surface area contributed by atoms with E-state index in [0.717, 1.165) is 32.9 Å². The van der Waals surface area contributed by atoms with E-state index in [4.69, 9.17) is 4.98 Å². The number of hydrazone groups is 1. The fraction of sp³-hybridized carbons (Fsp3) is 0.107. The zero-order valence-corrected chi connectivity index (χ0v) is 19.6. The minimum Gasteiger partial charge on any atom is -0.314 e. The largest absolute Gasteiger partial charge is 0.314 e. The van der Waals surface area contributed by atoms with Crippen LogP contribution in [-0.2, 0) is 11.3 Å². The van der Waals surface area contributed by atoms with Crippen LogP contribution in [0.4, 0.5) is 0 Å². The molecular formula is C28H24N4OS. The average Bonchev–Trinajstić information content (AvgIpc) is 3.23. The minimum atomic E-state index is -0.163. The van der Waals surface area contributed by atoms with Gasteiger partial charge in [0.05, 0.1) is 29.0 Å². The van der Waals surface area contributed by atoms with Gasteiger partial charge < -0.3 is 4.57 Å². The Bertz CT molecular complexity index is 1490. The summed E-state index contributed by atoms with van der Waals surface area (Å²) in [5, 5.41) is 7.46. The van der Waals surface area contributed by atoms with Crippen LogP contribution < -0.4 is 5.43 Å². The van der Waals surface area contributed by atoms with Gasteiger partial charge in [-0.1, -0.05) is 90.6 Å². The number of amides is 1. The molecule has 5 nitrogen and oxygen atoms in total. The molecule has 0 bridgehead atoms. The number of aromatic nitrogens is 2. The van der Waals surface area contributed by atoms with Gasteiger partial charge in [-0.2, -0.15) is 5.10 Å². The molecular weight excluding hydrogens is 440 g/mol. The van der Waals surface area contributed by atoms with Crippen LogP contribution in [0.5, 0.6) is 0 Å². The van der Waals surface area contributed by atoms with Crippen molar-refractivity contribution in [1.29, 1.82) is 0 Å². The minimum absolute atomic E-state index is 0.163. The maximum Gasteiger partial charge on any atom is 0.250 e. The van der Waals surface area contributed by atoms with Gasteiger partial charge in [0.2, 0.25) is 0 Å². The van der Waals surface area contributed by atoms with E-state index in [1.54, 1.807) is 0 Å². The zero-order valence-electron chi connectivity index (χ0n) is 18.8. The predicted molar refractivity (Wildman–Crippen MR) is 140 cm³/mol. The van der Waals surface area contributed by atoms with Gasteiger partial charge in [-0.15, -0.1) is 0 Å². The summed E-state index contributed by atoms with van der Waals surface area (Å²) in [5.41, 5.74) is 7.61. The summed E-state index contributed by atoms with van der Waals surface area (Å²) in [7, 11) is 0. The highest BCUT2D eigenvalue weighted by Gasteiger charge is 2.13. The first-order valence-electron chi connectivity index (χ1n) is 11.1. The van der Waals surface area contributed by atoms with E-state index in [2.05, 4.69) is 57.6 Å². The first-order valence-corrected chi connectivity index (χ1v) is 12.1. The average molecular weight is 465 g/mol. The second-order valence-corrected chi connectivity index (χ2v) is 8.98. The highest BCUT2D eigenvalue weighted by atomic mass is 32.2. The number of carbonyl (C=O) groups is 1. The van der Waals surface area contributed by atoms with Crippen molar-refractivity contribution in [3.63, 3.8) is 0 Å². The summed E-state index contributed by atoms with van der Waals surface area (Å²) in [6.45, 7) is 2.60. The Morgan fingerprint density at radius 2 is 1.65 bits per heavy atom. The molecule has 0 radical (unpaired) electrons. The Balaban J connectivity index is 1.28. The number of para-hydroxylation sites is 2. The van der Waals surface area contributed by atoms with E-state index in [1.165, 1.54) is 22.7 Å². The molecule has 0 unspecified atom stereocenters. The van der Waals surface area contributed by atoms with E-state index < -0.39 is 0 Å². The number of carbonyl (C=O) groups excluding carboxylic acids is 1. The molecule has 1 N–H and O–H groups in total. The number of fused-ring (bicyclic) bond motifs is 2.